The van der Waals surface area contributed by atoms with Gasteiger partial charge in [-0.2, -0.15) is 15.7 Å². The predicted octanol–water partition coefficient (Wildman–Crippen LogP) is 3.89. The number of aromatic nitrogens is 1. The molecule has 0 unspecified atom stereocenters. The van der Waals surface area contributed by atoms with Crippen molar-refractivity contribution in [1.29, 1.82) is 0 Å². The van der Waals surface area contributed by atoms with Gasteiger partial charge in [-0.3, -0.25) is 0 Å². The lowest BCUT2D eigenvalue weighted by atomic mass is 10.2. The van der Waals surface area contributed by atoms with E-state index in [-0.39, 0.29) is 5.95 Å². The first-order chi connectivity index (χ1) is 7.84. The Bertz CT molecular complexity index is 610. The first-order valence-corrected chi connectivity index (χ1v) is 6.04. The summed E-state index contributed by atoms with van der Waals surface area (Å²) in [6, 6.07) is 11.4. The summed E-state index contributed by atoms with van der Waals surface area (Å²) in [6.07, 6.45) is 0. The summed E-state index contributed by atoms with van der Waals surface area (Å²) in [5.41, 5.74) is 2.09. The third-order valence-electron chi connectivity index (χ3n) is 2.68. The van der Waals surface area contributed by atoms with Crippen LogP contribution in [0.4, 0.5) is 4.39 Å². The molecular formula is C13H10FNS. The highest BCUT2D eigenvalue weighted by Gasteiger charge is 2.07. The van der Waals surface area contributed by atoms with Crippen molar-refractivity contribution in [2.45, 2.75) is 6.54 Å². The topological polar surface area (TPSA) is 4.93 Å². The van der Waals surface area contributed by atoms with E-state index in [9.17, 15) is 4.39 Å². The van der Waals surface area contributed by atoms with Crippen LogP contribution in [0, 0.1) is 5.95 Å². The molecule has 1 aromatic carbocycles. The minimum atomic E-state index is -0.174. The highest BCUT2D eigenvalue weighted by Crippen LogP contribution is 2.20. The first-order valence-electron chi connectivity index (χ1n) is 5.09. The maximum absolute atomic E-state index is 13.8. The highest BCUT2D eigenvalue weighted by atomic mass is 32.1. The molecular weight excluding hydrogens is 221 g/mol. The van der Waals surface area contributed by atoms with Crippen LogP contribution in [0.2, 0.25) is 0 Å². The first kappa shape index (κ1) is 9.60. The Balaban J connectivity index is 2.12. The predicted molar refractivity (Wildman–Crippen MR) is 65.3 cm³/mol. The molecule has 0 saturated carbocycles. The summed E-state index contributed by atoms with van der Waals surface area (Å²) in [7, 11) is 0. The van der Waals surface area contributed by atoms with Gasteiger partial charge in [-0.1, -0.05) is 18.2 Å². The molecule has 3 aromatic rings. The molecule has 0 amide bonds. The maximum Gasteiger partial charge on any atom is 0.195 e. The zero-order chi connectivity index (χ0) is 11.0. The molecule has 0 aliphatic carbocycles. The van der Waals surface area contributed by atoms with Crippen LogP contribution in [0.1, 0.15) is 5.56 Å². The summed E-state index contributed by atoms with van der Waals surface area (Å²) in [5, 5.41) is 5.02. The van der Waals surface area contributed by atoms with E-state index >= 15 is 0 Å². The van der Waals surface area contributed by atoms with Crippen LogP contribution >= 0.6 is 11.3 Å². The zero-order valence-electron chi connectivity index (χ0n) is 8.56. The SMILES string of the molecule is Fc1cc2ccccc2n1Cc1ccsc1. The van der Waals surface area contributed by atoms with Gasteiger partial charge in [0.05, 0.1) is 12.1 Å². The van der Waals surface area contributed by atoms with Gasteiger partial charge < -0.3 is 4.57 Å². The maximum atomic E-state index is 13.8. The second-order valence-electron chi connectivity index (χ2n) is 3.74. The number of thiophene rings is 1. The van der Waals surface area contributed by atoms with E-state index in [1.54, 1.807) is 22.0 Å². The van der Waals surface area contributed by atoms with E-state index in [1.165, 1.54) is 0 Å². The van der Waals surface area contributed by atoms with Crippen molar-refractivity contribution >= 4 is 22.2 Å². The molecule has 0 atom stereocenters. The Kier molecular flexibility index (Phi) is 2.26. The van der Waals surface area contributed by atoms with Gasteiger partial charge in [-0.05, 0) is 28.5 Å². The van der Waals surface area contributed by atoms with Gasteiger partial charge in [0.1, 0.15) is 0 Å². The van der Waals surface area contributed by atoms with Gasteiger partial charge >= 0.3 is 0 Å². The van der Waals surface area contributed by atoms with Gasteiger partial charge in [0, 0.05) is 11.5 Å². The van der Waals surface area contributed by atoms with Gasteiger partial charge in [-0.15, -0.1) is 0 Å². The molecule has 0 N–H and O–H groups in total. The number of benzene rings is 1. The van der Waals surface area contributed by atoms with Crippen LogP contribution in [0.15, 0.2) is 47.2 Å². The molecule has 0 spiro atoms. The quantitative estimate of drug-likeness (QED) is 0.630. The molecule has 3 rings (SSSR count). The summed E-state index contributed by atoms with van der Waals surface area (Å²) in [6.45, 7) is 0.600. The summed E-state index contributed by atoms with van der Waals surface area (Å²) < 4.78 is 15.5. The van der Waals surface area contributed by atoms with Crippen molar-refractivity contribution in [2.75, 3.05) is 0 Å². The monoisotopic (exact) mass is 231 g/mol. The van der Waals surface area contributed by atoms with Crippen LogP contribution in [-0.4, -0.2) is 4.57 Å². The third-order valence-corrected chi connectivity index (χ3v) is 3.41. The zero-order valence-corrected chi connectivity index (χ0v) is 9.38. The van der Waals surface area contributed by atoms with Crippen molar-refractivity contribution in [1.82, 2.24) is 4.57 Å². The minimum absolute atomic E-state index is 0.174. The van der Waals surface area contributed by atoms with E-state index in [1.807, 2.05) is 41.1 Å². The molecule has 1 nitrogen and oxygen atoms in total. The molecule has 0 aliphatic heterocycles. The Morgan fingerprint density at radius 2 is 2.06 bits per heavy atom. The standard InChI is InChI=1S/C13H10FNS/c14-13-7-11-3-1-2-4-12(11)15(13)8-10-5-6-16-9-10/h1-7,9H,8H2. The van der Waals surface area contributed by atoms with E-state index < -0.39 is 0 Å². The highest BCUT2D eigenvalue weighted by molar-refractivity contribution is 7.07. The average Bonchev–Trinajstić information content (AvgIpc) is 2.89. The fourth-order valence-electron chi connectivity index (χ4n) is 1.90. The lowest BCUT2D eigenvalue weighted by Crippen LogP contribution is -2.00. The smallest absolute Gasteiger partial charge is 0.195 e. The molecule has 0 bridgehead atoms. The van der Waals surface area contributed by atoms with Crippen LogP contribution in [-0.2, 0) is 6.54 Å². The number of para-hydroxylation sites is 1. The number of hydrogen-bond donors (Lipinski definition) is 0. The lowest BCUT2D eigenvalue weighted by Gasteiger charge is -2.04. The normalized spacial score (nSPS) is 11.1. The van der Waals surface area contributed by atoms with Gasteiger partial charge in [0.15, 0.2) is 5.95 Å². The largest absolute Gasteiger partial charge is 0.313 e. The lowest BCUT2D eigenvalue weighted by molar-refractivity contribution is 0.525. The van der Waals surface area contributed by atoms with Crippen molar-refractivity contribution in [3.8, 4) is 0 Å². The number of fused-ring (bicyclic) bond motifs is 1. The van der Waals surface area contributed by atoms with Crippen LogP contribution in [0.25, 0.3) is 10.9 Å². The fraction of sp³-hybridized carbons (Fsp3) is 0.0769. The van der Waals surface area contributed by atoms with Crippen LogP contribution in [0.5, 0.6) is 0 Å². The van der Waals surface area contributed by atoms with Crippen LogP contribution in [0.3, 0.4) is 0 Å². The van der Waals surface area contributed by atoms with Crippen molar-refractivity contribution < 1.29 is 4.39 Å². The van der Waals surface area contributed by atoms with E-state index in [2.05, 4.69) is 0 Å². The number of hydrogen-bond acceptors (Lipinski definition) is 1. The van der Waals surface area contributed by atoms with E-state index in [4.69, 9.17) is 0 Å². The molecule has 3 heteroatoms. The Hall–Kier alpha value is -1.61. The van der Waals surface area contributed by atoms with Crippen molar-refractivity contribution in [3.63, 3.8) is 0 Å². The molecule has 0 saturated heterocycles. The van der Waals surface area contributed by atoms with E-state index in [0.717, 1.165) is 16.5 Å². The molecule has 0 aliphatic rings. The summed E-state index contributed by atoms with van der Waals surface area (Å²) in [5.74, 6) is -0.174. The molecule has 80 valence electrons. The molecule has 0 fully saturated rings. The van der Waals surface area contributed by atoms with Gasteiger partial charge in [0.2, 0.25) is 0 Å². The van der Waals surface area contributed by atoms with Gasteiger partial charge in [-0.25, -0.2) is 0 Å². The van der Waals surface area contributed by atoms with E-state index in [0.29, 0.717) is 6.54 Å². The second kappa shape index (κ2) is 3.76. The average molecular weight is 231 g/mol. The Labute approximate surface area is 96.8 Å². The molecule has 16 heavy (non-hydrogen) atoms. The molecule has 2 aromatic heterocycles. The third kappa shape index (κ3) is 1.53. The molecule has 2 heterocycles. The van der Waals surface area contributed by atoms with Gasteiger partial charge in [0.25, 0.3) is 0 Å². The second-order valence-corrected chi connectivity index (χ2v) is 4.52. The number of halogens is 1. The fourth-order valence-corrected chi connectivity index (χ4v) is 2.56. The van der Waals surface area contributed by atoms with Crippen LogP contribution < -0.4 is 0 Å². The number of rotatable bonds is 2. The minimum Gasteiger partial charge on any atom is -0.313 e. The van der Waals surface area contributed by atoms with Crippen molar-refractivity contribution in [3.05, 3.63) is 58.7 Å². The summed E-state index contributed by atoms with van der Waals surface area (Å²) in [4.78, 5) is 0. The summed E-state index contributed by atoms with van der Waals surface area (Å²) >= 11 is 1.64. The van der Waals surface area contributed by atoms with Crippen molar-refractivity contribution in [2.24, 2.45) is 0 Å². The molecule has 0 radical (unpaired) electrons. The Morgan fingerprint density at radius 1 is 1.19 bits per heavy atom. The number of nitrogens with zero attached hydrogens (tertiary/aromatic N) is 1. The Morgan fingerprint density at radius 3 is 2.88 bits per heavy atom.